The summed E-state index contributed by atoms with van der Waals surface area (Å²) in [7, 11) is 0. The first-order chi connectivity index (χ1) is 5.43. The second-order valence-corrected chi connectivity index (χ2v) is 4.96. The summed E-state index contributed by atoms with van der Waals surface area (Å²) in [6.07, 6.45) is 3.52. The summed E-state index contributed by atoms with van der Waals surface area (Å²) in [5, 5.41) is 0. The van der Waals surface area contributed by atoms with Crippen LogP contribution in [0.1, 0.15) is 40.0 Å². The molecule has 1 rings (SSSR count). The van der Waals surface area contributed by atoms with Gasteiger partial charge >= 0.3 is 0 Å². The Labute approximate surface area is 76.0 Å². The molecule has 0 aromatic rings. The Bertz CT molecular complexity index is 181. The molecule has 0 spiro atoms. The molecule has 0 aliphatic heterocycles. The van der Waals surface area contributed by atoms with Crippen molar-refractivity contribution in [3.05, 3.63) is 12.2 Å². The topological polar surface area (TPSA) is 26.0 Å². The lowest BCUT2D eigenvalue weighted by atomic mass is 9.99. The molecule has 2 unspecified atom stereocenters. The third-order valence-corrected chi connectivity index (χ3v) is 3.01. The summed E-state index contributed by atoms with van der Waals surface area (Å²) in [6, 6.07) is 0.400. The van der Waals surface area contributed by atoms with Crippen LogP contribution in [0, 0.1) is 11.3 Å². The maximum Gasteiger partial charge on any atom is 0.00755 e. The largest absolute Gasteiger partial charge is 0.327 e. The highest BCUT2D eigenvalue weighted by atomic mass is 14.7. The van der Waals surface area contributed by atoms with E-state index in [0.717, 1.165) is 18.8 Å². The third-order valence-electron chi connectivity index (χ3n) is 3.01. The molecule has 0 amide bonds. The van der Waals surface area contributed by atoms with Gasteiger partial charge in [-0.3, -0.25) is 0 Å². The Kier molecular flexibility index (Phi) is 2.62. The highest BCUT2D eigenvalue weighted by Gasteiger charge is 2.48. The molecule has 0 saturated heterocycles. The summed E-state index contributed by atoms with van der Waals surface area (Å²) in [6.45, 7) is 10.6. The Hall–Kier alpha value is -0.300. The molecule has 1 fully saturated rings. The highest BCUT2D eigenvalue weighted by molar-refractivity contribution is 5.02. The first-order valence-electron chi connectivity index (χ1n) is 4.83. The summed E-state index contributed by atoms with van der Waals surface area (Å²) in [5.41, 5.74) is 7.84. The van der Waals surface area contributed by atoms with Crippen molar-refractivity contribution in [2.75, 3.05) is 0 Å². The molecule has 0 aromatic carbocycles. The molecule has 70 valence electrons. The van der Waals surface area contributed by atoms with E-state index < -0.39 is 0 Å². The van der Waals surface area contributed by atoms with Crippen LogP contribution in [-0.4, -0.2) is 6.04 Å². The van der Waals surface area contributed by atoms with Crippen LogP contribution in [0.25, 0.3) is 0 Å². The molecule has 12 heavy (non-hydrogen) atoms. The van der Waals surface area contributed by atoms with Gasteiger partial charge in [0.2, 0.25) is 0 Å². The van der Waals surface area contributed by atoms with E-state index in [2.05, 4.69) is 27.4 Å². The normalized spacial score (nSPS) is 28.2. The molecule has 2 atom stereocenters. The van der Waals surface area contributed by atoms with Gasteiger partial charge in [-0.05, 0) is 37.5 Å². The minimum absolute atomic E-state index is 0.400. The molecular formula is C11H21N. The Morgan fingerprint density at radius 2 is 2.17 bits per heavy atom. The number of hydrogen-bond acceptors (Lipinski definition) is 1. The third kappa shape index (κ3) is 2.34. The summed E-state index contributed by atoms with van der Waals surface area (Å²) < 4.78 is 0. The molecule has 1 aliphatic rings. The van der Waals surface area contributed by atoms with Crippen molar-refractivity contribution in [2.24, 2.45) is 17.1 Å². The van der Waals surface area contributed by atoms with Crippen LogP contribution in [0.3, 0.4) is 0 Å². The maximum absolute atomic E-state index is 6.06. The summed E-state index contributed by atoms with van der Waals surface area (Å²) >= 11 is 0. The monoisotopic (exact) mass is 167 g/mol. The van der Waals surface area contributed by atoms with Gasteiger partial charge in [0.1, 0.15) is 0 Å². The first-order valence-corrected chi connectivity index (χ1v) is 4.83. The van der Waals surface area contributed by atoms with E-state index >= 15 is 0 Å². The van der Waals surface area contributed by atoms with E-state index in [-0.39, 0.29) is 0 Å². The van der Waals surface area contributed by atoms with Crippen LogP contribution in [0.4, 0.5) is 0 Å². The quantitative estimate of drug-likeness (QED) is 0.640. The zero-order valence-electron chi connectivity index (χ0n) is 8.56. The fourth-order valence-corrected chi connectivity index (χ4v) is 1.85. The lowest BCUT2D eigenvalue weighted by molar-refractivity contribution is 0.457. The molecule has 0 bridgehead atoms. The standard InChI is InChI=1S/C11H21N/c1-8(2)5-6-10(12)9-7-11(9,3)4/h9-10H,1,5-7,12H2,2-4H3. The minimum Gasteiger partial charge on any atom is -0.327 e. The Morgan fingerprint density at radius 3 is 2.50 bits per heavy atom. The molecule has 0 aromatic heterocycles. The van der Waals surface area contributed by atoms with E-state index in [1.165, 1.54) is 12.0 Å². The van der Waals surface area contributed by atoms with Crippen molar-refractivity contribution < 1.29 is 0 Å². The average Bonchev–Trinajstić information content (AvgIpc) is 2.55. The smallest absolute Gasteiger partial charge is 0.00755 e. The lowest BCUT2D eigenvalue weighted by Crippen LogP contribution is -2.24. The van der Waals surface area contributed by atoms with E-state index in [1.54, 1.807) is 0 Å². The van der Waals surface area contributed by atoms with E-state index in [0.29, 0.717) is 11.5 Å². The lowest BCUT2D eigenvalue weighted by Gasteiger charge is -2.12. The highest BCUT2D eigenvalue weighted by Crippen LogP contribution is 2.53. The Balaban J connectivity index is 2.22. The van der Waals surface area contributed by atoms with Crippen molar-refractivity contribution in [2.45, 2.75) is 46.1 Å². The van der Waals surface area contributed by atoms with Crippen molar-refractivity contribution in [3.63, 3.8) is 0 Å². The van der Waals surface area contributed by atoms with E-state index in [9.17, 15) is 0 Å². The van der Waals surface area contributed by atoms with Crippen molar-refractivity contribution >= 4 is 0 Å². The van der Waals surface area contributed by atoms with Crippen LogP contribution in [-0.2, 0) is 0 Å². The zero-order chi connectivity index (χ0) is 9.35. The van der Waals surface area contributed by atoms with Gasteiger partial charge in [0.05, 0.1) is 0 Å². The van der Waals surface area contributed by atoms with E-state index in [1.807, 2.05) is 0 Å². The number of hydrogen-bond donors (Lipinski definition) is 1. The number of nitrogens with two attached hydrogens (primary N) is 1. The predicted molar refractivity (Wildman–Crippen MR) is 53.9 cm³/mol. The van der Waals surface area contributed by atoms with Gasteiger partial charge in [0.25, 0.3) is 0 Å². The van der Waals surface area contributed by atoms with Gasteiger partial charge in [-0.1, -0.05) is 19.4 Å². The van der Waals surface area contributed by atoms with Crippen molar-refractivity contribution in [1.29, 1.82) is 0 Å². The fraction of sp³-hybridized carbons (Fsp3) is 0.818. The van der Waals surface area contributed by atoms with Gasteiger partial charge in [0.15, 0.2) is 0 Å². The Morgan fingerprint density at radius 1 is 1.67 bits per heavy atom. The average molecular weight is 167 g/mol. The maximum atomic E-state index is 6.06. The number of rotatable bonds is 4. The zero-order valence-corrected chi connectivity index (χ0v) is 8.56. The summed E-state index contributed by atoms with van der Waals surface area (Å²) in [5.74, 6) is 0.761. The molecule has 1 nitrogen and oxygen atoms in total. The van der Waals surface area contributed by atoms with Crippen LogP contribution >= 0.6 is 0 Å². The molecule has 0 radical (unpaired) electrons. The second-order valence-electron chi connectivity index (χ2n) is 4.96. The van der Waals surface area contributed by atoms with Crippen LogP contribution in [0.15, 0.2) is 12.2 Å². The predicted octanol–water partition coefficient (Wildman–Crippen LogP) is 2.72. The molecule has 1 aliphatic carbocycles. The van der Waals surface area contributed by atoms with Crippen LogP contribution in [0.2, 0.25) is 0 Å². The van der Waals surface area contributed by atoms with Gasteiger partial charge in [0, 0.05) is 6.04 Å². The summed E-state index contributed by atoms with van der Waals surface area (Å²) in [4.78, 5) is 0. The molecule has 1 saturated carbocycles. The van der Waals surface area contributed by atoms with Gasteiger partial charge < -0.3 is 5.73 Å². The first kappa shape index (κ1) is 9.79. The fourth-order valence-electron chi connectivity index (χ4n) is 1.85. The molecule has 2 N–H and O–H groups in total. The van der Waals surface area contributed by atoms with Crippen LogP contribution in [0.5, 0.6) is 0 Å². The van der Waals surface area contributed by atoms with Gasteiger partial charge in [-0.25, -0.2) is 0 Å². The van der Waals surface area contributed by atoms with E-state index in [4.69, 9.17) is 5.73 Å². The molecule has 1 heteroatoms. The molecule has 0 heterocycles. The van der Waals surface area contributed by atoms with Crippen LogP contribution < -0.4 is 5.73 Å². The second kappa shape index (κ2) is 3.21. The van der Waals surface area contributed by atoms with Gasteiger partial charge in [-0.2, -0.15) is 0 Å². The minimum atomic E-state index is 0.400. The van der Waals surface area contributed by atoms with Crippen molar-refractivity contribution in [1.82, 2.24) is 0 Å². The van der Waals surface area contributed by atoms with Gasteiger partial charge in [-0.15, -0.1) is 6.58 Å². The SMILES string of the molecule is C=C(C)CCC(N)C1CC1(C)C. The molecular weight excluding hydrogens is 146 g/mol. The van der Waals surface area contributed by atoms with Crippen molar-refractivity contribution in [3.8, 4) is 0 Å². The number of allylic oxidation sites excluding steroid dienone is 1.